The monoisotopic (exact) mass is 439 g/mol. The number of benzene rings is 2. The van der Waals surface area contributed by atoms with Gasteiger partial charge in [-0.2, -0.15) is 10.4 Å². The number of anilines is 1. The Morgan fingerprint density at radius 3 is 2.55 bits per heavy atom. The van der Waals surface area contributed by atoms with Crippen LogP contribution in [0.1, 0.15) is 0 Å². The molecule has 0 bridgehead atoms. The first kappa shape index (κ1) is 21.5. The minimum absolute atomic E-state index is 0.118. The van der Waals surface area contributed by atoms with Crippen LogP contribution in [-0.4, -0.2) is 44.1 Å². The van der Waals surface area contributed by atoms with Crippen molar-refractivity contribution in [2.75, 3.05) is 19.3 Å². The molecule has 0 aliphatic carbocycles. The SMILES string of the molecule is C=C(C#N)C(=O)N(C)CCn1nc(-c2ccc(Oc3ccccc3)cc2)c2c(N)ncnc21. The Bertz CT molecular complexity index is 1360. The second-order valence-electron chi connectivity index (χ2n) is 7.29. The normalized spacial score (nSPS) is 10.5. The molecule has 4 rings (SSSR count). The van der Waals surface area contributed by atoms with Gasteiger partial charge >= 0.3 is 0 Å². The fourth-order valence-electron chi connectivity index (χ4n) is 3.32. The summed E-state index contributed by atoms with van der Waals surface area (Å²) in [4.78, 5) is 22.0. The van der Waals surface area contributed by atoms with Crippen LogP contribution in [0.4, 0.5) is 5.82 Å². The highest BCUT2D eigenvalue weighted by molar-refractivity contribution is 5.98. The molecule has 0 radical (unpaired) electrons. The number of likely N-dealkylation sites (N-methyl/N-ethyl adjacent to an activating group) is 1. The molecule has 164 valence electrons. The molecule has 0 spiro atoms. The average Bonchev–Trinajstić information content (AvgIpc) is 3.22. The van der Waals surface area contributed by atoms with Crippen molar-refractivity contribution in [1.29, 1.82) is 5.26 Å². The number of fused-ring (bicyclic) bond motifs is 1. The van der Waals surface area contributed by atoms with Crippen LogP contribution in [0, 0.1) is 11.3 Å². The van der Waals surface area contributed by atoms with Gasteiger partial charge in [-0.1, -0.05) is 24.8 Å². The number of aromatic nitrogens is 4. The molecule has 9 heteroatoms. The zero-order valence-electron chi connectivity index (χ0n) is 18.0. The van der Waals surface area contributed by atoms with Gasteiger partial charge < -0.3 is 15.4 Å². The van der Waals surface area contributed by atoms with Crippen molar-refractivity contribution in [2.45, 2.75) is 6.54 Å². The molecule has 33 heavy (non-hydrogen) atoms. The molecule has 0 aliphatic rings. The molecule has 0 saturated carbocycles. The number of para-hydroxylation sites is 1. The Hall–Kier alpha value is -4.71. The first-order valence-electron chi connectivity index (χ1n) is 10.1. The molecule has 2 aromatic carbocycles. The minimum Gasteiger partial charge on any atom is -0.457 e. The summed E-state index contributed by atoms with van der Waals surface area (Å²) >= 11 is 0. The summed E-state index contributed by atoms with van der Waals surface area (Å²) in [7, 11) is 1.60. The Morgan fingerprint density at radius 2 is 1.85 bits per heavy atom. The van der Waals surface area contributed by atoms with Gasteiger partial charge in [0.15, 0.2) is 5.65 Å². The standard InChI is InChI=1S/C24H21N7O2/c1-16(14-25)24(32)30(2)12-13-31-23-20(22(26)27-15-28-23)21(29-31)17-8-10-19(11-9-17)33-18-6-4-3-5-7-18/h3-11,15H,1,12-13H2,2H3,(H2,26,27,28). The molecular formula is C24H21N7O2. The Balaban J connectivity index is 1.61. The van der Waals surface area contributed by atoms with Crippen LogP contribution in [0.5, 0.6) is 11.5 Å². The van der Waals surface area contributed by atoms with Crippen LogP contribution in [0.3, 0.4) is 0 Å². The van der Waals surface area contributed by atoms with Crippen molar-refractivity contribution < 1.29 is 9.53 Å². The van der Waals surface area contributed by atoms with Crippen molar-refractivity contribution in [2.24, 2.45) is 0 Å². The second kappa shape index (κ2) is 9.20. The molecule has 0 aliphatic heterocycles. The summed E-state index contributed by atoms with van der Waals surface area (Å²) in [5, 5.41) is 14.2. The molecule has 2 aromatic heterocycles. The predicted molar refractivity (Wildman–Crippen MR) is 124 cm³/mol. The van der Waals surface area contributed by atoms with Crippen molar-refractivity contribution in [3.63, 3.8) is 0 Å². The highest BCUT2D eigenvalue weighted by atomic mass is 16.5. The van der Waals surface area contributed by atoms with Gasteiger partial charge in [0.2, 0.25) is 0 Å². The number of rotatable bonds is 7. The zero-order chi connectivity index (χ0) is 23.4. The third-order valence-corrected chi connectivity index (χ3v) is 5.05. The van der Waals surface area contributed by atoms with E-state index in [0.29, 0.717) is 41.4 Å². The van der Waals surface area contributed by atoms with Gasteiger partial charge in [-0.05, 0) is 36.4 Å². The van der Waals surface area contributed by atoms with Gasteiger partial charge in [-0.25, -0.2) is 14.6 Å². The smallest absolute Gasteiger partial charge is 0.263 e. The van der Waals surface area contributed by atoms with E-state index in [4.69, 9.17) is 20.8 Å². The molecular weight excluding hydrogens is 418 g/mol. The Labute approximate surface area is 190 Å². The second-order valence-corrected chi connectivity index (χ2v) is 7.29. The van der Waals surface area contributed by atoms with Gasteiger partial charge in [0, 0.05) is 19.2 Å². The number of nitrogens with zero attached hydrogens (tertiary/aromatic N) is 6. The molecule has 1 amide bonds. The first-order chi connectivity index (χ1) is 16.0. The van der Waals surface area contributed by atoms with Crippen LogP contribution in [0.2, 0.25) is 0 Å². The molecule has 2 heterocycles. The highest BCUT2D eigenvalue weighted by Gasteiger charge is 2.18. The fraction of sp³-hybridized carbons (Fsp3) is 0.125. The van der Waals surface area contributed by atoms with Crippen molar-refractivity contribution in [3.8, 4) is 28.8 Å². The predicted octanol–water partition coefficient (Wildman–Crippen LogP) is 3.41. The number of carbonyl (C=O) groups is 1. The minimum atomic E-state index is -0.433. The van der Waals surface area contributed by atoms with Crippen molar-refractivity contribution in [1.82, 2.24) is 24.6 Å². The van der Waals surface area contributed by atoms with Gasteiger partial charge in [0.25, 0.3) is 5.91 Å². The van der Waals surface area contributed by atoms with Crippen LogP contribution >= 0.6 is 0 Å². The quantitative estimate of drug-likeness (QED) is 0.346. The number of nitrogens with two attached hydrogens (primary N) is 1. The van der Waals surface area contributed by atoms with Crippen molar-refractivity contribution in [3.05, 3.63) is 73.1 Å². The van der Waals surface area contributed by atoms with Crippen LogP contribution < -0.4 is 10.5 Å². The maximum absolute atomic E-state index is 12.1. The summed E-state index contributed by atoms with van der Waals surface area (Å²) in [5.41, 5.74) is 8.05. The number of ether oxygens (including phenoxy) is 1. The van der Waals surface area contributed by atoms with E-state index >= 15 is 0 Å². The maximum Gasteiger partial charge on any atom is 0.263 e. The van der Waals surface area contributed by atoms with E-state index in [9.17, 15) is 4.79 Å². The average molecular weight is 439 g/mol. The lowest BCUT2D eigenvalue weighted by Crippen LogP contribution is -2.31. The lowest BCUT2D eigenvalue weighted by molar-refractivity contribution is -0.125. The largest absolute Gasteiger partial charge is 0.457 e. The number of carbonyl (C=O) groups excluding carboxylic acids is 1. The van der Waals surface area contributed by atoms with E-state index in [2.05, 4.69) is 16.5 Å². The first-order valence-corrected chi connectivity index (χ1v) is 10.1. The van der Waals surface area contributed by atoms with Gasteiger partial charge in [-0.3, -0.25) is 4.79 Å². The summed E-state index contributed by atoms with van der Waals surface area (Å²) in [6.45, 7) is 4.13. The van der Waals surface area contributed by atoms with E-state index in [1.54, 1.807) is 17.8 Å². The summed E-state index contributed by atoms with van der Waals surface area (Å²) in [6, 6.07) is 18.8. The molecule has 9 nitrogen and oxygen atoms in total. The van der Waals surface area contributed by atoms with E-state index in [0.717, 1.165) is 11.3 Å². The number of hydrogen-bond acceptors (Lipinski definition) is 7. The van der Waals surface area contributed by atoms with Gasteiger partial charge in [0.1, 0.15) is 41.0 Å². The third kappa shape index (κ3) is 4.50. The van der Waals surface area contributed by atoms with E-state index in [-0.39, 0.29) is 5.57 Å². The topological polar surface area (TPSA) is 123 Å². The molecule has 2 N–H and O–H groups in total. The van der Waals surface area contributed by atoms with E-state index < -0.39 is 5.91 Å². The number of nitriles is 1. The Kier molecular flexibility index (Phi) is 6.00. The van der Waals surface area contributed by atoms with Crippen LogP contribution in [-0.2, 0) is 11.3 Å². The third-order valence-electron chi connectivity index (χ3n) is 5.05. The lowest BCUT2D eigenvalue weighted by atomic mass is 10.1. The summed E-state index contributed by atoms with van der Waals surface area (Å²) < 4.78 is 7.54. The highest BCUT2D eigenvalue weighted by Crippen LogP contribution is 2.32. The maximum atomic E-state index is 12.1. The summed E-state index contributed by atoms with van der Waals surface area (Å²) in [6.07, 6.45) is 1.38. The molecule has 0 saturated heterocycles. The fourth-order valence-corrected chi connectivity index (χ4v) is 3.32. The number of hydrogen-bond donors (Lipinski definition) is 1. The summed E-state index contributed by atoms with van der Waals surface area (Å²) in [5.74, 6) is 1.32. The molecule has 0 unspecified atom stereocenters. The Morgan fingerprint density at radius 1 is 1.15 bits per heavy atom. The van der Waals surface area contributed by atoms with Gasteiger partial charge in [0.05, 0.1) is 11.9 Å². The lowest BCUT2D eigenvalue weighted by Gasteiger charge is -2.16. The molecule has 0 fully saturated rings. The molecule has 0 atom stereocenters. The van der Waals surface area contributed by atoms with Gasteiger partial charge in [-0.15, -0.1) is 0 Å². The number of amides is 1. The zero-order valence-corrected chi connectivity index (χ0v) is 18.0. The number of nitrogen functional groups attached to an aromatic ring is 1. The van der Waals surface area contributed by atoms with Crippen molar-refractivity contribution >= 4 is 22.8 Å². The van der Waals surface area contributed by atoms with E-state index in [1.165, 1.54) is 11.2 Å². The van der Waals surface area contributed by atoms with E-state index in [1.807, 2.05) is 54.6 Å². The van der Waals surface area contributed by atoms with Crippen LogP contribution in [0.25, 0.3) is 22.3 Å². The van der Waals surface area contributed by atoms with Crippen LogP contribution in [0.15, 0.2) is 73.1 Å². The molecule has 4 aromatic rings.